The third kappa shape index (κ3) is 6.36. The second kappa shape index (κ2) is 10.3. The van der Waals surface area contributed by atoms with E-state index in [9.17, 15) is 9.90 Å². The van der Waals surface area contributed by atoms with Crippen LogP contribution in [0.15, 0.2) is 68.4 Å². The van der Waals surface area contributed by atoms with Crippen LogP contribution in [0.2, 0.25) is 0 Å². The van der Waals surface area contributed by atoms with Crippen molar-refractivity contribution in [3.05, 3.63) is 65.7 Å². The van der Waals surface area contributed by atoms with Gasteiger partial charge in [0.15, 0.2) is 8.68 Å². The molecule has 3 aromatic rings. The SMILES string of the molecule is C/C(=N/NC(=O)CSc1nnc(SCc2ccccc2)s1)c1ccc(O)cc1. The number of rotatable bonds is 8. The van der Waals surface area contributed by atoms with Crippen molar-refractivity contribution >= 4 is 46.5 Å². The average molecular weight is 431 g/mol. The molecule has 0 spiro atoms. The van der Waals surface area contributed by atoms with Crippen LogP contribution in [0.25, 0.3) is 0 Å². The zero-order valence-electron chi connectivity index (χ0n) is 15.0. The number of hydrogen-bond acceptors (Lipinski definition) is 8. The topological polar surface area (TPSA) is 87.5 Å². The molecule has 0 bridgehead atoms. The molecule has 0 aliphatic carbocycles. The highest BCUT2D eigenvalue weighted by Gasteiger charge is 2.09. The van der Waals surface area contributed by atoms with Crippen LogP contribution >= 0.6 is 34.9 Å². The number of benzene rings is 2. The second-order valence-electron chi connectivity index (χ2n) is 5.68. The number of thioether (sulfide) groups is 2. The summed E-state index contributed by atoms with van der Waals surface area (Å²) in [4.78, 5) is 12.0. The minimum atomic E-state index is -0.211. The van der Waals surface area contributed by atoms with Gasteiger partial charge < -0.3 is 5.11 Å². The van der Waals surface area contributed by atoms with Gasteiger partial charge in [-0.25, -0.2) is 5.43 Å². The maximum atomic E-state index is 12.0. The largest absolute Gasteiger partial charge is 0.508 e. The Balaban J connectivity index is 1.44. The van der Waals surface area contributed by atoms with E-state index in [4.69, 9.17) is 0 Å². The minimum absolute atomic E-state index is 0.190. The fourth-order valence-corrected chi connectivity index (χ4v) is 4.87. The molecule has 0 saturated carbocycles. The third-order valence-electron chi connectivity index (χ3n) is 3.55. The first kappa shape index (κ1) is 20.4. The molecule has 0 aliphatic heterocycles. The number of phenols is 1. The van der Waals surface area contributed by atoms with Crippen LogP contribution in [0.3, 0.4) is 0 Å². The first-order chi connectivity index (χ1) is 13.6. The van der Waals surface area contributed by atoms with Crippen molar-refractivity contribution in [3.63, 3.8) is 0 Å². The zero-order chi connectivity index (χ0) is 19.8. The maximum Gasteiger partial charge on any atom is 0.250 e. The van der Waals surface area contributed by atoms with Crippen LogP contribution in [0.5, 0.6) is 5.75 Å². The summed E-state index contributed by atoms with van der Waals surface area (Å²) in [5.41, 5.74) is 5.26. The summed E-state index contributed by atoms with van der Waals surface area (Å²) in [5.74, 6) is 1.03. The van der Waals surface area contributed by atoms with Crippen LogP contribution in [0.4, 0.5) is 0 Å². The quantitative estimate of drug-likeness (QED) is 0.317. The molecule has 0 saturated heterocycles. The Bertz CT molecular complexity index is 943. The Morgan fingerprint density at radius 1 is 1.07 bits per heavy atom. The summed E-state index contributed by atoms with van der Waals surface area (Å²) in [5, 5.41) is 21.7. The van der Waals surface area contributed by atoms with Crippen molar-refractivity contribution in [2.75, 3.05) is 5.75 Å². The molecule has 144 valence electrons. The van der Waals surface area contributed by atoms with E-state index < -0.39 is 0 Å². The maximum absolute atomic E-state index is 12.0. The van der Waals surface area contributed by atoms with Crippen LogP contribution < -0.4 is 5.43 Å². The predicted octanol–water partition coefficient (Wildman–Crippen LogP) is 4.17. The number of nitrogens with one attached hydrogen (secondary N) is 1. The van der Waals surface area contributed by atoms with Gasteiger partial charge in [-0.1, -0.05) is 65.2 Å². The Hall–Kier alpha value is -2.36. The van der Waals surface area contributed by atoms with Crippen LogP contribution in [0.1, 0.15) is 18.1 Å². The van der Waals surface area contributed by atoms with E-state index in [1.165, 1.54) is 28.7 Å². The lowest BCUT2D eigenvalue weighted by atomic mass is 10.1. The molecule has 9 heteroatoms. The highest BCUT2D eigenvalue weighted by Crippen LogP contribution is 2.30. The number of phenolic OH excluding ortho intramolecular Hbond substituents is 1. The van der Waals surface area contributed by atoms with Crippen molar-refractivity contribution in [2.45, 2.75) is 21.4 Å². The van der Waals surface area contributed by atoms with Crippen LogP contribution in [-0.2, 0) is 10.5 Å². The Morgan fingerprint density at radius 2 is 1.75 bits per heavy atom. The van der Waals surface area contributed by atoms with E-state index in [-0.39, 0.29) is 17.4 Å². The van der Waals surface area contributed by atoms with E-state index >= 15 is 0 Å². The number of carbonyl (C=O) groups excluding carboxylic acids is 1. The molecular weight excluding hydrogens is 412 g/mol. The molecule has 0 atom stereocenters. The van der Waals surface area contributed by atoms with Gasteiger partial charge in [-0.05, 0) is 42.3 Å². The van der Waals surface area contributed by atoms with Crippen molar-refractivity contribution < 1.29 is 9.90 Å². The van der Waals surface area contributed by atoms with Gasteiger partial charge in [0.1, 0.15) is 5.75 Å². The Labute approximate surface area is 175 Å². The van der Waals surface area contributed by atoms with Crippen molar-refractivity contribution in [3.8, 4) is 5.75 Å². The van der Waals surface area contributed by atoms with Crippen molar-refractivity contribution in [1.29, 1.82) is 0 Å². The number of carbonyl (C=O) groups is 1. The molecule has 1 amide bonds. The van der Waals surface area contributed by atoms with Gasteiger partial charge in [-0.2, -0.15) is 5.10 Å². The predicted molar refractivity (Wildman–Crippen MR) is 115 cm³/mol. The van der Waals surface area contributed by atoms with Gasteiger partial charge in [-0.3, -0.25) is 4.79 Å². The van der Waals surface area contributed by atoms with E-state index in [1.807, 2.05) is 18.2 Å². The average Bonchev–Trinajstić information content (AvgIpc) is 3.18. The fraction of sp³-hybridized carbons (Fsp3) is 0.158. The second-order valence-corrected chi connectivity index (χ2v) is 9.10. The van der Waals surface area contributed by atoms with E-state index in [1.54, 1.807) is 43.0 Å². The molecule has 2 aromatic carbocycles. The summed E-state index contributed by atoms with van der Waals surface area (Å²) >= 11 is 4.45. The van der Waals surface area contributed by atoms with Crippen molar-refractivity contribution in [1.82, 2.24) is 15.6 Å². The van der Waals surface area contributed by atoms with E-state index in [0.717, 1.165) is 20.0 Å². The first-order valence-electron chi connectivity index (χ1n) is 8.36. The van der Waals surface area contributed by atoms with Gasteiger partial charge in [0.25, 0.3) is 5.91 Å². The van der Waals surface area contributed by atoms with Gasteiger partial charge in [0.05, 0.1) is 11.5 Å². The summed E-state index contributed by atoms with van der Waals surface area (Å²) in [6.07, 6.45) is 0. The molecule has 0 radical (unpaired) electrons. The van der Waals surface area contributed by atoms with E-state index in [2.05, 4.69) is 32.9 Å². The number of hydrazone groups is 1. The molecule has 28 heavy (non-hydrogen) atoms. The molecule has 0 fully saturated rings. The monoisotopic (exact) mass is 430 g/mol. The summed E-state index contributed by atoms with van der Waals surface area (Å²) in [7, 11) is 0. The zero-order valence-corrected chi connectivity index (χ0v) is 17.5. The van der Waals surface area contributed by atoms with E-state index in [0.29, 0.717) is 5.71 Å². The Morgan fingerprint density at radius 3 is 2.46 bits per heavy atom. The van der Waals surface area contributed by atoms with Crippen LogP contribution in [0, 0.1) is 0 Å². The first-order valence-corrected chi connectivity index (χ1v) is 11.1. The lowest BCUT2D eigenvalue weighted by molar-refractivity contribution is -0.118. The smallest absolute Gasteiger partial charge is 0.250 e. The highest BCUT2D eigenvalue weighted by atomic mass is 32.2. The number of amides is 1. The lowest BCUT2D eigenvalue weighted by Gasteiger charge is -2.02. The molecule has 1 heterocycles. The summed E-state index contributed by atoms with van der Waals surface area (Å²) in [6, 6.07) is 16.8. The fourth-order valence-electron chi connectivity index (χ4n) is 2.11. The van der Waals surface area contributed by atoms with Crippen LogP contribution in [-0.4, -0.2) is 32.7 Å². The molecule has 2 N–H and O–H groups in total. The van der Waals surface area contributed by atoms with Gasteiger partial charge in [-0.15, -0.1) is 10.2 Å². The number of nitrogens with zero attached hydrogens (tertiary/aromatic N) is 3. The number of aromatic hydroxyl groups is 1. The molecule has 3 rings (SSSR count). The normalized spacial score (nSPS) is 11.4. The van der Waals surface area contributed by atoms with Crippen molar-refractivity contribution in [2.24, 2.45) is 5.10 Å². The van der Waals surface area contributed by atoms with Gasteiger partial charge in [0.2, 0.25) is 0 Å². The van der Waals surface area contributed by atoms with Gasteiger partial charge in [0, 0.05) is 5.75 Å². The molecule has 0 aliphatic rings. The molecule has 6 nitrogen and oxygen atoms in total. The molecular formula is C19H18N4O2S3. The third-order valence-corrected chi connectivity index (χ3v) is 6.81. The highest BCUT2D eigenvalue weighted by molar-refractivity contribution is 8.03. The summed E-state index contributed by atoms with van der Waals surface area (Å²) < 4.78 is 1.64. The summed E-state index contributed by atoms with van der Waals surface area (Å²) in [6.45, 7) is 1.79. The van der Waals surface area contributed by atoms with Gasteiger partial charge >= 0.3 is 0 Å². The standard InChI is InChI=1S/C19H18N4O2S3/c1-13(15-7-9-16(24)10-8-15)20-21-17(25)12-27-19-23-22-18(28-19)26-11-14-5-3-2-4-6-14/h2-10,24H,11-12H2,1H3,(H,21,25)/b20-13-. The minimum Gasteiger partial charge on any atom is -0.508 e. The Kier molecular flexibility index (Phi) is 7.46. The number of aromatic nitrogens is 2. The lowest BCUT2D eigenvalue weighted by Crippen LogP contribution is -2.21. The molecule has 1 aromatic heterocycles. The number of hydrogen-bond donors (Lipinski definition) is 2. The molecule has 0 unspecified atom stereocenters.